The molecule has 2 unspecified atom stereocenters. The lowest BCUT2D eigenvalue weighted by molar-refractivity contribution is 0.111. The Hall–Kier alpha value is -3.10. The van der Waals surface area contributed by atoms with Crippen LogP contribution in [-0.4, -0.2) is 58.7 Å². The van der Waals surface area contributed by atoms with Crippen LogP contribution in [0.2, 0.25) is 0 Å². The highest BCUT2D eigenvalue weighted by Crippen LogP contribution is 2.52. The molecular weight excluding hydrogens is 591 g/mol. The van der Waals surface area contributed by atoms with E-state index < -0.39 is 4.75 Å². The fourth-order valence-electron chi connectivity index (χ4n) is 5.51. The average Bonchev–Trinajstić information content (AvgIpc) is 3.48. The Morgan fingerprint density at radius 1 is 0.837 bits per heavy atom. The number of likely N-dealkylation sites (tertiary alicyclic amines) is 1. The average molecular weight is 628 g/mol. The van der Waals surface area contributed by atoms with E-state index in [2.05, 4.69) is 122 Å². The molecule has 4 aromatic carbocycles. The standard InChI is InChI=1S/C36H37NO3S3/c1-2-23-40-35(39)37-26-34(25-31(37)27-42-33-20-18-32(19-21-33)41-24-22-38)43-36(28-12-6-3-7-13-28,29-14-8-4-9-15-29)30-16-10-5-11-17-30/h2-21,31,34,38H,1,22-27H2. The van der Waals surface area contributed by atoms with Crippen LogP contribution >= 0.6 is 35.3 Å². The lowest BCUT2D eigenvalue weighted by atomic mass is 9.84. The van der Waals surface area contributed by atoms with Gasteiger partial charge in [-0.05, 0) is 47.4 Å². The first-order valence-corrected chi connectivity index (χ1v) is 17.3. The summed E-state index contributed by atoms with van der Waals surface area (Å²) < 4.78 is 5.12. The van der Waals surface area contributed by atoms with Gasteiger partial charge in [0.15, 0.2) is 0 Å². The third-order valence-electron chi connectivity index (χ3n) is 7.45. The number of nitrogens with zero attached hydrogens (tertiary/aromatic N) is 1. The number of carbonyl (C=O) groups is 1. The molecule has 7 heteroatoms. The Bertz CT molecular complexity index is 1340. The second-order valence-corrected chi connectivity index (χ2v) is 14.1. The molecule has 4 nitrogen and oxygen atoms in total. The molecule has 0 bridgehead atoms. The first-order chi connectivity index (χ1) is 21.1. The lowest BCUT2D eigenvalue weighted by Crippen LogP contribution is -2.38. The Labute approximate surface area is 267 Å². The van der Waals surface area contributed by atoms with E-state index in [1.807, 2.05) is 16.7 Å². The number of aliphatic hydroxyl groups is 1. The van der Waals surface area contributed by atoms with E-state index in [9.17, 15) is 4.79 Å². The summed E-state index contributed by atoms with van der Waals surface area (Å²) in [5.74, 6) is 1.46. The highest BCUT2D eigenvalue weighted by atomic mass is 32.2. The van der Waals surface area contributed by atoms with Gasteiger partial charge in [0.25, 0.3) is 0 Å². The second kappa shape index (κ2) is 15.6. The van der Waals surface area contributed by atoms with Crippen molar-refractivity contribution in [1.82, 2.24) is 4.90 Å². The summed E-state index contributed by atoms with van der Waals surface area (Å²) >= 11 is 5.35. The van der Waals surface area contributed by atoms with E-state index in [4.69, 9.17) is 9.84 Å². The van der Waals surface area contributed by atoms with Crippen molar-refractivity contribution in [2.75, 3.05) is 31.3 Å². The van der Waals surface area contributed by atoms with E-state index in [0.29, 0.717) is 12.3 Å². The second-order valence-electron chi connectivity index (χ2n) is 10.3. The maximum atomic E-state index is 13.3. The van der Waals surface area contributed by atoms with E-state index in [-0.39, 0.29) is 30.6 Å². The lowest BCUT2D eigenvalue weighted by Gasteiger charge is -2.37. The van der Waals surface area contributed by atoms with Gasteiger partial charge in [-0.25, -0.2) is 4.79 Å². The van der Waals surface area contributed by atoms with Crippen molar-refractivity contribution in [1.29, 1.82) is 0 Å². The zero-order valence-electron chi connectivity index (χ0n) is 24.1. The van der Waals surface area contributed by atoms with Crippen LogP contribution in [0.25, 0.3) is 0 Å². The number of thioether (sulfide) groups is 3. The van der Waals surface area contributed by atoms with E-state index in [1.165, 1.54) is 16.7 Å². The molecule has 0 saturated carbocycles. The van der Waals surface area contributed by atoms with Crippen molar-refractivity contribution in [2.45, 2.75) is 32.3 Å². The number of hydrogen-bond acceptors (Lipinski definition) is 6. The molecule has 1 aliphatic heterocycles. The van der Waals surface area contributed by atoms with Gasteiger partial charge in [0.2, 0.25) is 0 Å². The summed E-state index contributed by atoms with van der Waals surface area (Å²) in [7, 11) is 0. The first kappa shape index (κ1) is 31.3. The molecule has 0 radical (unpaired) electrons. The minimum absolute atomic E-state index is 0.0308. The van der Waals surface area contributed by atoms with Gasteiger partial charge in [-0.15, -0.1) is 35.3 Å². The van der Waals surface area contributed by atoms with Gasteiger partial charge in [0.05, 0.1) is 11.4 Å². The quantitative estimate of drug-likeness (QED) is 0.0914. The molecule has 0 aliphatic carbocycles. The predicted octanol–water partition coefficient (Wildman–Crippen LogP) is 8.35. The monoisotopic (exact) mass is 627 g/mol. The normalized spacial score (nSPS) is 16.6. The van der Waals surface area contributed by atoms with E-state index >= 15 is 0 Å². The largest absolute Gasteiger partial charge is 0.445 e. The van der Waals surface area contributed by atoms with Crippen molar-refractivity contribution in [2.24, 2.45) is 0 Å². The summed E-state index contributed by atoms with van der Waals surface area (Å²) in [5.41, 5.74) is 3.65. The third kappa shape index (κ3) is 7.71. The van der Waals surface area contributed by atoms with Crippen molar-refractivity contribution < 1.29 is 14.6 Å². The number of hydrogen-bond donors (Lipinski definition) is 1. The zero-order chi connectivity index (χ0) is 29.9. The van der Waals surface area contributed by atoms with Gasteiger partial charge in [-0.1, -0.05) is 104 Å². The van der Waals surface area contributed by atoms with Gasteiger partial charge in [-0.3, -0.25) is 0 Å². The van der Waals surface area contributed by atoms with E-state index in [1.54, 1.807) is 29.6 Å². The van der Waals surface area contributed by atoms with Gasteiger partial charge in [0, 0.05) is 39.1 Å². The Morgan fingerprint density at radius 2 is 1.35 bits per heavy atom. The number of ether oxygens (including phenoxy) is 1. The minimum Gasteiger partial charge on any atom is -0.445 e. The Morgan fingerprint density at radius 3 is 1.84 bits per heavy atom. The molecule has 1 N–H and O–H groups in total. The summed E-state index contributed by atoms with van der Waals surface area (Å²) in [6.07, 6.45) is 2.19. The van der Waals surface area contributed by atoms with Crippen LogP contribution in [0.3, 0.4) is 0 Å². The minimum atomic E-state index is -0.449. The molecule has 4 aromatic rings. The summed E-state index contributed by atoms with van der Waals surface area (Å²) in [4.78, 5) is 17.5. The van der Waals surface area contributed by atoms with Crippen LogP contribution in [-0.2, 0) is 9.48 Å². The number of amides is 1. The predicted molar refractivity (Wildman–Crippen MR) is 182 cm³/mol. The van der Waals surface area contributed by atoms with Gasteiger partial charge in [-0.2, -0.15) is 0 Å². The number of aliphatic hydroxyl groups excluding tert-OH is 1. The molecule has 1 saturated heterocycles. The third-order valence-corrected chi connectivity index (χ3v) is 11.3. The van der Waals surface area contributed by atoms with Gasteiger partial charge in [0.1, 0.15) is 6.61 Å². The molecule has 1 amide bonds. The zero-order valence-corrected chi connectivity index (χ0v) is 26.5. The Kier molecular flexibility index (Phi) is 11.3. The topological polar surface area (TPSA) is 49.8 Å². The maximum Gasteiger partial charge on any atom is 0.410 e. The molecule has 0 aromatic heterocycles. The van der Waals surface area contributed by atoms with Crippen molar-refractivity contribution >= 4 is 41.4 Å². The fraction of sp³-hybridized carbons (Fsp3) is 0.250. The fourth-order valence-corrected chi connectivity index (χ4v) is 9.07. The van der Waals surface area contributed by atoms with Gasteiger partial charge < -0.3 is 14.7 Å². The van der Waals surface area contributed by atoms with Crippen LogP contribution < -0.4 is 0 Å². The molecule has 43 heavy (non-hydrogen) atoms. The van der Waals surface area contributed by atoms with Crippen molar-refractivity contribution in [3.63, 3.8) is 0 Å². The summed E-state index contributed by atoms with van der Waals surface area (Å²) in [6.45, 7) is 4.70. The van der Waals surface area contributed by atoms with Crippen LogP contribution in [0.5, 0.6) is 0 Å². The molecule has 1 heterocycles. The summed E-state index contributed by atoms with van der Waals surface area (Å²) in [5, 5.41) is 9.30. The number of rotatable bonds is 13. The SMILES string of the molecule is C=CCOC(=O)N1CC(SC(c2ccccc2)(c2ccccc2)c2ccccc2)CC1CSc1ccc(SCCO)cc1. The van der Waals surface area contributed by atoms with Crippen molar-refractivity contribution in [3.8, 4) is 0 Å². The van der Waals surface area contributed by atoms with Crippen molar-refractivity contribution in [3.05, 3.63) is 145 Å². The molecular formula is C36H37NO3S3. The molecule has 0 spiro atoms. The van der Waals surface area contributed by atoms with E-state index in [0.717, 1.165) is 22.0 Å². The summed E-state index contributed by atoms with van der Waals surface area (Å²) in [6, 6.07) is 40.6. The first-order valence-electron chi connectivity index (χ1n) is 14.5. The molecule has 222 valence electrons. The highest BCUT2D eigenvalue weighted by Gasteiger charge is 2.44. The van der Waals surface area contributed by atoms with Crippen LogP contribution in [0.15, 0.2) is 138 Å². The number of carbonyl (C=O) groups excluding carboxylic acids is 1. The van der Waals surface area contributed by atoms with Crippen LogP contribution in [0.1, 0.15) is 23.1 Å². The highest BCUT2D eigenvalue weighted by molar-refractivity contribution is 8.01. The molecule has 5 rings (SSSR count). The molecule has 2 atom stereocenters. The Balaban J connectivity index is 1.44. The van der Waals surface area contributed by atoms with Gasteiger partial charge >= 0.3 is 6.09 Å². The molecule has 1 fully saturated rings. The van der Waals surface area contributed by atoms with Crippen LogP contribution in [0, 0.1) is 0 Å². The number of benzene rings is 4. The maximum absolute atomic E-state index is 13.3. The van der Waals surface area contributed by atoms with Crippen LogP contribution in [0.4, 0.5) is 4.79 Å². The smallest absolute Gasteiger partial charge is 0.410 e. The molecule has 1 aliphatic rings.